The third-order valence-electron chi connectivity index (χ3n) is 3.08. The molecule has 0 saturated carbocycles. The predicted octanol–water partition coefficient (Wildman–Crippen LogP) is 2.12. The quantitative estimate of drug-likeness (QED) is 0.610. The number of amides is 1. The van der Waals surface area contributed by atoms with Crippen LogP contribution in [0, 0.1) is 5.82 Å². The van der Waals surface area contributed by atoms with Gasteiger partial charge in [0.2, 0.25) is 6.41 Å². The number of alkyl halides is 3. The first-order chi connectivity index (χ1) is 8.91. The van der Waals surface area contributed by atoms with Gasteiger partial charge in [-0.3, -0.25) is 4.79 Å². The van der Waals surface area contributed by atoms with Crippen LogP contribution in [0.4, 0.5) is 23.2 Å². The minimum atomic E-state index is -4.55. The summed E-state index contributed by atoms with van der Waals surface area (Å²) in [4.78, 5) is 13.7. The second-order valence-electron chi connectivity index (χ2n) is 4.29. The molecule has 1 amide bonds. The Labute approximate surface area is 107 Å². The lowest BCUT2D eigenvalue weighted by atomic mass is 10.1. The molecule has 1 aromatic rings. The van der Waals surface area contributed by atoms with E-state index in [1.54, 1.807) is 9.80 Å². The zero-order valence-corrected chi connectivity index (χ0v) is 9.95. The lowest BCUT2D eigenvalue weighted by Crippen LogP contribution is -2.46. The monoisotopic (exact) mass is 276 g/mol. The van der Waals surface area contributed by atoms with Gasteiger partial charge in [-0.25, -0.2) is 4.39 Å². The lowest BCUT2D eigenvalue weighted by molar-refractivity contribution is -0.137. The van der Waals surface area contributed by atoms with Crippen molar-refractivity contribution in [3.05, 3.63) is 29.6 Å². The van der Waals surface area contributed by atoms with Crippen LogP contribution in [-0.2, 0) is 11.0 Å². The highest BCUT2D eigenvalue weighted by atomic mass is 19.4. The Morgan fingerprint density at radius 2 is 1.74 bits per heavy atom. The zero-order chi connectivity index (χ0) is 14.0. The lowest BCUT2D eigenvalue weighted by Gasteiger charge is -2.34. The molecule has 3 nitrogen and oxygen atoms in total. The van der Waals surface area contributed by atoms with E-state index in [2.05, 4.69) is 0 Å². The summed E-state index contributed by atoms with van der Waals surface area (Å²) in [6, 6.07) is 2.50. The van der Waals surface area contributed by atoms with Crippen molar-refractivity contribution in [3.63, 3.8) is 0 Å². The Morgan fingerprint density at radius 1 is 1.11 bits per heavy atom. The summed E-state index contributed by atoms with van der Waals surface area (Å²) < 4.78 is 51.0. The van der Waals surface area contributed by atoms with Crippen LogP contribution in [0.25, 0.3) is 0 Å². The molecule has 1 heterocycles. The van der Waals surface area contributed by atoms with Gasteiger partial charge < -0.3 is 9.80 Å². The molecule has 7 heteroatoms. The number of carbonyl (C=O) groups is 1. The fraction of sp³-hybridized carbons (Fsp3) is 0.417. The molecule has 1 aromatic carbocycles. The number of anilines is 1. The van der Waals surface area contributed by atoms with E-state index in [9.17, 15) is 22.4 Å². The SMILES string of the molecule is O=CN1CCN(c2ccc(C(F)(F)F)cc2F)CC1. The summed E-state index contributed by atoms with van der Waals surface area (Å²) in [7, 11) is 0. The van der Waals surface area contributed by atoms with Crippen molar-refractivity contribution >= 4 is 12.1 Å². The van der Waals surface area contributed by atoms with Crippen molar-refractivity contribution in [1.29, 1.82) is 0 Å². The van der Waals surface area contributed by atoms with Crippen LogP contribution in [0.5, 0.6) is 0 Å². The smallest absolute Gasteiger partial charge is 0.366 e. The minimum Gasteiger partial charge on any atom is -0.366 e. The highest BCUT2D eigenvalue weighted by molar-refractivity contribution is 5.52. The summed E-state index contributed by atoms with van der Waals surface area (Å²) in [5.41, 5.74) is -0.862. The fourth-order valence-corrected chi connectivity index (χ4v) is 2.01. The van der Waals surface area contributed by atoms with Gasteiger partial charge >= 0.3 is 6.18 Å². The molecule has 0 bridgehead atoms. The average molecular weight is 276 g/mol. The summed E-state index contributed by atoms with van der Waals surface area (Å²) in [6.07, 6.45) is -3.84. The number of rotatable bonds is 2. The second-order valence-corrected chi connectivity index (χ2v) is 4.29. The van der Waals surface area contributed by atoms with Gasteiger partial charge in [0.25, 0.3) is 0 Å². The van der Waals surface area contributed by atoms with E-state index < -0.39 is 17.6 Å². The number of piperazine rings is 1. The molecule has 0 aliphatic carbocycles. The molecule has 0 spiro atoms. The minimum absolute atomic E-state index is 0.138. The number of hydrogen-bond donors (Lipinski definition) is 0. The van der Waals surface area contributed by atoms with Gasteiger partial charge in [0.05, 0.1) is 11.3 Å². The van der Waals surface area contributed by atoms with Crippen molar-refractivity contribution in [1.82, 2.24) is 4.90 Å². The molecule has 104 valence electrons. The Hall–Kier alpha value is -1.79. The molecule has 2 rings (SSSR count). The maximum absolute atomic E-state index is 13.7. The average Bonchev–Trinajstić information content (AvgIpc) is 2.38. The largest absolute Gasteiger partial charge is 0.416 e. The van der Waals surface area contributed by atoms with Crippen molar-refractivity contribution < 1.29 is 22.4 Å². The molecule has 1 aliphatic rings. The first-order valence-corrected chi connectivity index (χ1v) is 5.73. The first-order valence-electron chi connectivity index (χ1n) is 5.73. The van der Waals surface area contributed by atoms with Crippen LogP contribution in [0.15, 0.2) is 18.2 Å². The molecular weight excluding hydrogens is 264 g/mol. The third-order valence-corrected chi connectivity index (χ3v) is 3.08. The van der Waals surface area contributed by atoms with Gasteiger partial charge in [-0.1, -0.05) is 0 Å². The summed E-state index contributed by atoms with van der Waals surface area (Å²) >= 11 is 0. The van der Waals surface area contributed by atoms with Crippen molar-refractivity contribution in [3.8, 4) is 0 Å². The predicted molar refractivity (Wildman–Crippen MR) is 61.3 cm³/mol. The van der Waals surface area contributed by atoms with Crippen molar-refractivity contribution in [2.75, 3.05) is 31.1 Å². The Morgan fingerprint density at radius 3 is 2.21 bits per heavy atom. The molecule has 0 unspecified atom stereocenters. The molecule has 0 aromatic heterocycles. The van der Waals surface area contributed by atoms with Gasteiger partial charge in [0.15, 0.2) is 0 Å². The molecule has 0 atom stereocenters. The van der Waals surface area contributed by atoms with Gasteiger partial charge in [-0.2, -0.15) is 13.2 Å². The maximum atomic E-state index is 13.7. The molecule has 19 heavy (non-hydrogen) atoms. The molecule has 1 saturated heterocycles. The molecular formula is C12H12F4N2O. The van der Waals surface area contributed by atoms with E-state index in [0.29, 0.717) is 38.7 Å². The van der Waals surface area contributed by atoms with Gasteiger partial charge in [-0.05, 0) is 18.2 Å². The summed E-state index contributed by atoms with van der Waals surface area (Å²) in [5.74, 6) is -0.894. The number of hydrogen-bond acceptors (Lipinski definition) is 2. The highest BCUT2D eigenvalue weighted by Gasteiger charge is 2.31. The Balaban J connectivity index is 2.16. The van der Waals surface area contributed by atoms with Crippen LogP contribution in [0.2, 0.25) is 0 Å². The Kier molecular flexibility index (Phi) is 3.64. The van der Waals surface area contributed by atoms with Gasteiger partial charge in [0, 0.05) is 26.2 Å². The van der Waals surface area contributed by atoms with Crippen LogP contribution in [0.3, 0.4) is 0 Å². The van der Waals surface area contributed by atoms with Crippen LogP contribution in [-0.4, -0.2) is 37.5 Å². The van der Waals surface area contributed by atoms with E-state index in [0.717, 1.165) is 12.1 Å². The van der Waals surface area contributed by atoms with Crippen LogP contribution >= 0.6 is 0 Å². The first kappa shape index (κ1) is 13.6. The van der Waals surface area contributed by atoms with E-state index in [1.165, 1.54) is 0 Å². The normalized spacial score (nSPS) is 16.6. The fourth-order valence-electron chi connectivity index (χ4n) is 2.01. The highest BCUT2D eigenvalue weighted by Crippen LogP contribution is 2.32. The van der Waals surface area contributed by atoms with E-state index in [4.69, 9.17) is 0 Å². The topological polar surface area (TPSA) is 23.6 Å². The van der Waals surface area contributed by atoms with E-state index >= 15 is 0 Å². The number of carbonyl (C=O) groups excluding carboxylic acids is 1. The Bertz CT molecular complexity index is 467. The van der Waals surface area contributed by atoms with Gasteiger partial charge in [-0.15, -0.1) is 0 Å². The van der Waals surface area contributed by atoms with E-state index in [-0.39, 0.29) is 5.69 Å². The maximum Gasteiger partial charge on any atom is 0.416 e. The van der Waals surface area contributed by atoms with Crippen molar-refractivity contribution in [2.24, 2.45) is 0 Å². The zero-order valence-electron chi connectivity index (χ0n) is 9.95. The van der Waals surface area contributed by atoms with Crippen molar-refractivity contribution in [2.45, 2.75) is 6.18 Å². The van der Waals surface area contributed by atoms with Crippen LogP contribution < -0.4 is 4.90 Å². The number of halogens is 4. The summed E-state index contributed by atoms with van der Waals surface area (Å²) in [5, 5.41) is 0. The number of benzene rings is 1. The second kappa shape index (κ2) is 5.07. The molecule has 0 N–H and O–H groups in total. The van der Waals surface area contributed by atoms with Gasteiger partial charge in [0.1, 0.15) is 5.82 Å². The summed E-state index contributed by atoms with van der Waals surface area (Å²) in [6.45, 7) is 1.68. The van der Waals surface area contributed by atoms with Crippen LogP contribution in [0.1, 0.15) is 5.56 Å². The van der Waals surface area contributed by atoms with E-state index in [1.807, 2.05) is 0 Å². The molecule has 0 radical (unpaired) electrons. The number of nitrogens with zero attached hydrogens (tertiary/aromatic N) is 2. The standard InChI is InChI=1S/C12H12F4N2O/c13-10-7-9(12(14,15)16)1-2-11(10)18-5-3-17(8-19)4-6-18/h1-2,7-8H,3-6H2. The molecule has 1 aliphatic heterocycles. The third kappa shape index (κ3) is 2.97. The molecule has 1 fully saturated rings.